The maximum atomic E-state index is 10.7. The van der Waals surface area contributed by atoms with E-state index in [1.54, 1.807) is 0 Å². The van der Waals surface area contributed by atoms with Crippen molar-refractivity contribution in [3.8, 4) is 0 Å². The van der Waals surface area contributed by atoms with Gasteiger partial charge in [-0.3, -0.25) is 9.32 Å². The van der Waals surface area contributed by atoms with Gasteiger partial charge >= 0.3 is 8.69 Å². The molecular formula is C3H5N2O3PS. The van der Waals surface area contributed by atoms with Gasteiger partial charge in [0.25, 0.3) is 0 Å². The lowest BCUT2D eigenvalue weighted by molar-refractivity contribution is -0.125. The molecule has 1 saturated heterocycles. The van der Waals surface area contributed by atoms with Crippen LogP contribution in [0.2, 0.25) is 0 Å². The summed E-state index contributed by atoms with van der Waals surface area (Å²) in [6.07, 6.45) is 0. The quantitative estimate of drug-likeness (QED) is 0.495. The highest BCUT2D eigenvalue weighted by Gasteiger charge is 2.20. The molecule has 0 atom stereocenters. The van der Waals surface area contributed by atoms with Gasteiger partial charge in [0.2, 0.25) is 5.91 Å². The molecule has 0 bridgehead atoms. The van der Waals surface area contributed by atoms with Crippen LogP contribution in [0.5, 0.6) is 0 Å². The van der Waals surface area contributed by atoms with Crippen molar-refractivity contribution in [2.75, 3.05) is 13.3 Å². The molecular weight excluding hydrogens is 175 g/mol. The van der Waals surface area contributed by atoms with Crippen LogP contribution in [0.4, 0.5) is 0 Å². The zero-order valence-electron chi connectivity index (χ0n) is 4.94. The van der Waals surface area contributed by atoms with Crippen molar-refractivity contribution in [3.05, 3.63) is 0 Å². The Balaban J connectivity index is 2.26. The van der Waals surface area contributed by atoms with Crippen molar-refractivity contribution in [2.45, 2.75) is 0 Å². The van der Waals surface area contributed by atoms with E-state index in [2.05, 4.69) is 9.25 Å². The molecule has 56 valence electrons. The molecule has 1 heterocycles. The third kappa shape index (κ3) is 1.91. The summed E-state index contributed by atoms with van der Waals surface area (Å²) in [7, 11) is -0.403. The lowest BCUT2D eigenvalue weighted by Crippen LogP contribution is -2.21. The fourth-order valence-corrected chi connectivity index (χ4v) is 1.34. The molecule has 0 radical (unpaired) electrons. The molecule has 1 N–H and O–H groups in total. The summed E-state index contributed by atoms with van der Waals surface area (Å²) in [5.41, 5.74) is 0. The van der Waals surface area contributed by atoms with Crippen LogP contribution in [0, 0.1) is 0 Å². The van der Waals surface area contributed by atoms with Crippen LogP contribution in [-0.2, 0) is 13.9 Å². The van der Waals surface area contributed by atoms with Gasteiger partial charge in [0.15, 0.2) is 0 Å². The Bertz CT molecular complexity index is 155. The van der Waals surface area contributed by atoms with Gasteiger partial charge in [0.1, 0.15) is 6.73 Å². The number of rotatable bonds is 3. The van der Waals surface area contributed by atoms with E-state index < -0.39 is 8.69 Å². The van der Waals surface area contributed by atoms with Crippen LogP contribution in [0.1, 0.15) is 0 Å². The Kier molecular flexibility index (Phi) is 3.08. The molecule has 1 rings (SSSR count). The number of carbonyl (C=O) groups excluding carboxylic acids is 1. The molecule has 1 aliphatic heterocycles. The summed E-state index contributed by atoms with van der Waals surface area (Å²) in [4.78, 5) is 10.7. The third-order valence-corrected chi connectivity index (χ3v) is 1.93. The monoisotopic (exact) mass is 180 g/mol. The fourth-order valence-electron chi connectivity index (χ4n) is 0.485. The van der Waals surface area contributed by atoms with Gasteiger partial charge in [-0.25, -0.2) is 13.6 Å². The van der Waals surface area contributed by atoms with Crippen molar-refractivity contribution < 1.29 is 13.9 Å². The first-order chi connectivity index (χ1) is 4.84. The molecule has 7 heteroatoms. The van der Waals surface area contributed by atoms with E-state index >= 15 is 0 Å². The van der Waals surface area contributed by atoms with E-state index in [4.69, 9.17) is 0 Å². The van der Waals surface area contributed by atoms with Gasteiger partial charge in [-0.05, 0) is 0 Å². The minimum atomic E-state index is -0.403. The van der Waals surface area contributed by atoms with Crippen LogP contribution in [-0.4, -0.2) is 23.5 Å². The molecule has 0 aliphatic carbocycles. The first kappa shape index (κ1) is 7.94. The average molecular weight is 180 g/mol. The zero-order valence-corrected chi connectivity index (χ0v) is 6.65. The fraction of sp³-hybridized carbons (Fsp3) is 0.667. The second-order valence-corrected chi connectivity index (χ2v) is 2.84. The zero-order chi connectivity index (χ0) is 7.40. The maximum Gasteiger partial charge on any atom is 0.329 e. The molecule has 0 aromatic carbocycles. The van der Waals surface area contributed by atoms with Gasteiger partial charge in [0, 0.05) is 12.1 Å². The minimum Gasteiger partial charge on any atom is -0.272 e. The number of nitrogens with one attached hydrogen (secondary N) is 1. The van der Waals surface area contributed by atoms with Crippen LogP contribution in [0.15, 0.2) is 0 Å². The summed E-state index contributed by atoms with van der Waals surface area (Å²) in [6, 6.07) is 0. The number of hydrogen-bond donors (Lipinski definition) is 1. The first-order valence-corrected chi connectivity index (χ1v) is 4.00. The SMILES string of the molecule is O=POCN1SNCC1=O. The van der Waals surface area contributed by atoms with Crippen molar-refractivity contribution in [2.24, 2.45) is 0 Å². The van der Waals surface area contributed by atoms with Crippen LogP contribution < -0.4 is 4.72 Å². The molecule has 0 unspecified atom stereocenters. The maximum absolute atomic E-state index is 10.7. The normalized spacial score (nSPS) is 18.8. The summed E-state index contributed by atoms with van der Waals surface area (Å²) in [5, 5.41) is 0. The van der Waals surface area contributed by atoms with Crippen molar-refractivity contribution in [1.82, 2.24) is 9.03 Å². The molecule has 0 aromatic rings. The molecule has 10 heavy (non-hydrogen) atoms. The predicted octanol–water partition coefficient (Wildman–Crippen LogP) is 0.162. The molecule has 0 spiro atoms. The molecule has 1 aliphatic rings. The van der Waals surface area contributed by atoms with Gasteiger partial charge < -0.3 is 0 Å². The second-order valence-electron chi connectivity index (χ2n) is 1.52. The summed E-state index contributed by atoms with van der Waals surface area (Å²) >= 11 is 1.16. The van der Waals surface area contributed by atoms with E-state index in [9.17, 15) is 9.36 Å². The number of carbonyl (C=O) groups is 1. The number of nitrogens with zero attached hydrogens (tertiary/aromatic N) is 1. The van der Waals surface area contributed by atoms with Gasteiger partial charge in [0.05, 0.1) is 6.54 Å². The van der Waals surface area contributed by atoms with Crippen LogP contribution in [0.3, 0.4) is 0 Å². The van der Waals surface area contributed by atoms with E-state index in [-0.39, 0.29) is 12.6 Å². The molecule has 0 saturated carbocycles. The first-order valence-electron chi connectivity index (χ1n) is 2.49. The van der Waals surface area contributed by atoms with E-state index in [1.165, 1.54) is 4.31 Å². The van der Waals surface area contributed by atoms with Crippen LogP contribution in [0.25, 0.3) is 0 Å². The molecule has 1 fully saturated rings. The largest absolute Gasteiger partial charge is 0.329 e. The summed E-state index contributed by atoms with van der Waals surface area (Å²) < 4.78 is 18.3. The number of amides is 1. The topological polar surface area (TPSA) is 58.6 Å². The van der Waals surface area contributed by atoms with Crippen molar-refractivity contribution >= 4 is 26.7 Å². The predicted molar refractivity (Wildman–Crippen MR) is 36.0 cm³/mol. The summed E-state index contributed by atoms with van der Waals surface area (Å²) in [5.74, 6) is -0.0614. The van der Waals surface area contributed by atoms with Gasteiger partial charge in [-0.15, -0.1) is 0 Å². The van der Waals surface area contributed by atoms with Gasteiger partial charge in [-0.2, -0.15) is 0 Å². The van der Waals surface area contributed by atoms with Crippen LogP contribution >= 0.6 is 20.8 Å². The standard InChI is InChI=1S/C3H5N2O3PS/c6-3-1-4-10-5(3)2-8-9-7/h4H,1-2H2. The molecule has 5 nitrogen and oxygen atoms in total. The lowest BCUT2D eigenvalue weighted by atomic mass is 10.6. The average Bonchev–Trinajstić information content (AvgIpc) is 2.31. The lowest BCUT2D eigenvalue weighted by Gasteiger charge is -2.07. The molecule has 1 amide bonds. The smallest absolute Gasteiger partial charge is 0.272 e. The third-order valence-electron chi connectivity index (χ3n) is 0.904. The Labute approximate surface area is 63.6 Å². The minimum absolute atomic E-state index is 0.0571. The Morgan fingerprint density at radius 1 is 1.90 bits per heavy atom. The van der Waals surface area contributed by atoms with Gasteiger partial charge in [-0.1, -0.05) is 0 Å². The van der Waals surface area contributed by atoms with Crippen molar-refractivity contribution in [1.29, 1.82) is 0 Å². The highest BCUT2D eigenvalue weighted by molar-refractivity contribution is 7.96. The number of hydrogen-bond acceptors (Lipinski definition) is 5. The molecule has 0 aromatic heterocycles. The van der Waals surface area contributed by atoms with E-state index in [0.29, 0.717) is 6.54 Å². The highest BCUT2D eigenvalue weighted by Crippen LogP contribution is 2.13. The van der Waals surface area contributed by atoms with Crippen molar-refractivity contribution in [3.63, 3.8) is 0 Å². The Hall–Kier alpha value is -0.160. The summed E-state index contributed by atoms with van der Waals surface area (Å²) in [6.45, 7) is 0.366. The Morgan fingerprint density at radius 3 is 3.20 bits per heavy atom. The second kappa shape index (κ2) is 3.88. The van der Waals surface area contributed by atoms with E-state index in [0.717, 1.165) is 12.1 Å². The van der Waals surface area contributed by atoms with E-state index in [1.807, 2.05) is 0 Å². The highest BCUT2D eigenvalue weighted by atomic mass is 32.2. The Morgan fingerprint density at radius 2 is 2.70 bits per heavy atom.